The van der Waals surface area contributed by atoms with Crippen LogP contribution in [0.1, 0.15) is 38.0 Å². The topological polar surface area (TPSA) is 47.3 Å². The summed E-state index contributed by atoms with van der Waals surface area (Å²) in [5.41, 5.74) is 0.722. The number of rotatable bonds is 7. The number of halogens is 1. The fraction of sp³-hybridized carbons (Fsp3) is 0.727. The molecule has 0 saturated carbocycles. The van der Waals surface area contributed by atoms with Crippen molar-refractivity contribution in [3.8, 4) is 0 Å². The number of aliphatic hydroxyl groups is 1. The standard InChI is InChI=1S/C11H19ClN2O2/c1-3-6-14-11(9(12)8-13-14)10(15)5-4-7-16-2/h8,10,15H,3-7H2,1-2H3. The van der Waals surface area contributed by atoms with Crippen LogP contribution < -0.4 is 0 Å². The molecule has 0 spiro atoms. The minimum absolute atomic E-state index is 0.540. The molecular weight excluding hydrogens is 228 g/mol. The fourth-order valence-corrected chi connectivity index (χ4v) is 1.92. The summed E-state index contributed by atoms with van der Waals surface area (Å²) in [6, 6.07) is 0. The van der Waals surface area contributed by atoms with Crippen LogP contribution in [0, 0.1) is 0 Å². The van der Waals surface area contributed by atoms with E-state index in [1.165, 1.54) is 0 Å². The van der Waals surface area contributed by atoms with Crippen molar-refractivity contribution in [1.29, 1.82) is 0 Å². The van der Waals surface area contributed by atoms with Crippen LogP contribution in [0.15, 0.2) is 6.20 Å². The highest BCUT2D eigenvalue weighted by Gasteiger charge is 2.17. The first-order valence-corrected chi connectivity index (χ1v) is 5.96. The van der Waals surface area contributed by atoms with Crippen LogP contribution in [0.4, 0.5) is 0 Å². The normalized spacial score (nSPS) is 13.0. The summed E-state index contributed by atoms with van der Waals surface area (Å²) in [5, 5.41) is 14.7. The van der Waals surface area contributed by atoms with Gasteiger partial charge in [0, 0.05) is 20.3 Å². The minimum atomic E-state index is -0.559. The molecule has 0 bridgehead atoms. The molecule has 5 heteroatoms. The summed E-state index contributed by atoms with van der Waals surface area (Å²) < 4.78 is 6.73. The van der Waals surface area contributed by atoms with Crippen LogP contribution in [0.3, 0.4) is 0 Å². The summed E-state index contributed by atoms with van der Waals surface area (Å²) >= 11 is 6.01. The van der Waals surface area contributed by atoms with Crippen LogP contribution in [0.5, 0.6) is 0 Å². The van der Waals surface area contributed by atoms with Gasteiger partial charge in [0.1, 0.15) is 0 Å². The first-order chi connectivity index (χ1) is 7.70. The maximum absolute atomic E-state index is 10.0. The maximum atomic E-state index is 10.0. The third kappa shape index (κ3) is 3.47. The van der Waals surface area contributed by atoms with Crippen molar-refractivity contribution < 1.29 is 9.84 Å². The van der Waals surface area contributed by atoms with E-state index in [1.807, 2.05) is 0 Å². The van der Waals surface area contributed by atoms with E-state index in [4.69, 9.17) is 16.3 Å². The van der Waals surface area contributed by atoms with Crippen molar-refractivity contribution >= 4 is 11.6 Å². The Morgan fingerprint density at radius 2 is 2.38 bits per heavy atom. The highest BCUT2D eigenvalue weighted by atomic mass is 35.5. The lowest BCUT2D eigenvalue weighted by Crippen LogP contribution is -2.10. The van der Waals surface area contributed by atoms with E-state index >= 15 is 0 Å². The largest absolute Gasteiger partial charge is 0.387 e. The summed E-state index contributed by atoms with van der Waals surface area (Å²) in [6.07, 6.45) is 3.45. The van der Waals surface area contributed by atoms with Gasteiger partial charge in [-0.25, -0.2) is 0 Å². The second-order valence-corrected chi connectivity index (χ2v) is 4.16. The molecule has 1 atom stereocenters. The van der Waals surface area contributed by atoms with Crippen LogP contribution >= 0.6 is 11.6 Å². The first-order valence-electron chi connectivity index (χ1n) is 5.58. The second-order valence-electron chi connectivity index (χ2n) is 3.75. The van der Waals surface area contributed by atoms with E-state index in [1.54, 1.807) is 18.0 Å². The Morgan fingerprint density at radius 1 is 1.62 bits per heavy atom. The van der Waals surface area contributed by atoms with Crippen molar-refractivity contribution in [2.24, 2.45) is 0 Å². The molecule has 1 rings (SSSR count). The molecule has 0 saturated heterocycles. The van der Waals surface area contributed by atoms with E-state index in [0.717, 1.165) is 25.1 Å². The molecule has 1 unspecified atom stereocenters. The molecule has 4 nitrogen and oxygen atoms in total. The SMILES string of the molecule is CCCn1ncc(Cl)c1C(O)CCCOC. The highest BCUT2D eigenvalue weighted by Crippen LogP contribution is 2.26. The van der Waals surface area contributed by atoms with Crippen molar-refractivity contribution in [3.63, 3.8) is 0 Å². The lowest BCUT2D eigenvalue weighted by molar-refractivity contribution is 0.129. The quantitative estimate of drug-likeness (QED) is 0.752. The van der Waals surface area contributed by atoms with Gasteiger partial charge in [0.05, 0.1) is 23.0 Å². The molecule has 0 fully saturated rings. The van der Waals surface area contributed by atoms with Gasteiger partial charge in [-0.2, -0.15) is 5.10 Å². The number of hydrogen-bond acceptors (Lipinski definition) is 3. The summed E-state index contributed by atoms with van der Waals surface area (Å²) in [7, 11) is 1.65. The van der Waals surface area contributed by atoms with Gasteiger partial charge in [-0.05, 0) is 19.3 Å². The Balaban J connectivity index is 2.65. The Hall–Kier alpha value is -0.580. The number of aliphatic hydroxyl groups excluding tert-OH is 1. The van der Waals surface area contributed by atoms with Gasteiger partial charge in [0.15, 0.2) is 0 Å². The average molecular weight is 247 g/mol. The van der Waals surface area contributed by atoms with E-state index in [9.17, 15) is 5.11 Å². The Labute approximate surface area is 101 Å². The van der Waals surface area contributed by atoms with Gasteiger partial charge in [0.25, 0.3) is 0 Å². The molecule has 1 aromatic heterocycles. The monoisotopic (exact) mass is 246 g/mol. The molecule has 1 heterocycles. The van der Waals surface area contributed by atoms with Crippen LogP contribution in [0.2, 0.25) is 5.02 Å². The molecular formula is C11H19ClN2O2. The molecule has 1 N–H and O–H groups in total. The molecule has 1 aromatic rings. The van der Waals surface area contributed by atoms with Crippen molar-refractivity contribution in [1.82, 2.24) is 9.78 Å². The third-order valence-corrected chi connectivity index (χ3v) is 2.70. The van der Waals surface area contributed by atoms with E-state index in [-0.39, 0.29) is 0 Å². The molecule has 92 valence electrons. The van der Waals surface area contributed by atoms with E-state index < -0.39 is 6.10 Å². The Kier molecular flexibility index (Phi) is 5.80. The van der Waals surface area contributed by atoms with Crippen LogP contribution in [0.25, 0.3) is 0 Å². The smallest absolute Gasteiger partial charge is 0.0972 e. The van der Waals surface area contributed by atoms with E-state index in [2.05, 4.69) is 12.0 Å². The van der Waals surface area contributed by atoms with Crippen LogP contribution in [-0.2, 0) is 11.3 Å². The molecule has 0 aromatic carbocycles. The van der Waals surface area contributed by atoms with Crippen molar-refractivity contribution in [2.75, 3.05) is 13.7 Å². The number of aryl methyl sites for hydroxylation is 1. The third-order valence-electron chi connectivity index (χ3n) is 2.41. The first kappa shape index (κ1) is 13.5. The zero-order valence-electron chi connectivity index (χ0n) is 9.82. The average Bonchev–Trinajstić information content (AvgIpc) is 2.61. The zero-order valence-corrected chi connectivity index (χ0v) is 10.6. The zero-order chi connectivity index (χ0) is 12.0. The summed E-state index contributed by atoms with van der Waals surface area (Å²) in [4.78, 5) is 0. The van der Waals surface area contributed by atoms with Gasteiger partial charge in [0.2, 0.25) is 0 Å². The Morgan fingerprint density at radius 3 is 3.00 bits per heavy atom. The predicted molar refractivity (Wildman–Crippen MR) is 63.6 cm³/mol. The van der Waals surface area contributed by atoms with E-state index in [0.29, 0.717) is 18.1 Å². The summed E-state index contributed by atoms with van der Waals surface area (Å²) in [5.74, 6) is 0. The number of ether oxygens (including phenoxy) is 1. The van der Waals surface area contributed by atoms with Gasteiger partial charge >= 0.3 is 0 Å². The molecule has 0 radical (unpaired) electrons. The lowest BCUT2D eigenvalue weighted by Gasteiger charge is -2.13. The van der Waals surface area contributed by atoms with Gasteiger partial charge in [-0.3, -0.25) is 4.68 Å². The lowest BCUT2D eigenvalue weighted by atomic mass is 10.1. The number of hydrogen-bond donors (Lipinski definition) is 1. The summed E-state index contributed by atoms with van der Waals surface area (Å²) in [6.45, 7) is 3.50. The second kappa shape index (κ2) is 6.89. The fourth-order valence-electron chi connectivity index (χ4n) is 1.65. The van der Waals surface area contributed by atoms with Gasteiger partial charge < -0.3 is 9.84 Å². The number of methoxy groups -OCH3 is 1. The van der Waals surface area contributed by atoms with Crippen molar-refractivity contribution in [3.05, 3.63) is 16.9 Å². The minimum Gasteiger partial charge on any atom is -0.387 e. The number of nitrogens with zero attached hydrogens (tertiary/aromatic N) is 2. The van der Waals surface area contributed by atoms with Crippen LogP contribution in [-0.4, -0.2) is 28.6 Å². The molecule has 0 aliphatic rings. The maximum Gasteiger partial charge on any atom is 0.0972 e. The molecule has 16 heavy (non-hydrogen) atoms. The molecule has 0 aliphatic carbocycles. The Bertz CT molecular complexity index is 315. The molecule has 0 aliphatic heterocycles. The molecule has 0 amide bonds. The highest BCUT2D eigenvalue weighted by molar-refractivity contribution is 6.31. The predicted octanol–water partition coefficient (Wildman–Crippen LogP) is 2.41. The van der Waals surface area contributed by atoms with Gasteiger partial charge in [-0.15, -0.1) is 0 Å². The number of aromatic nitrogens is 2. The van der Waals surface area contributed by atoms with Gasteiger partial charge in [-0.1, -0.05) is 18.5 Å². The van der Waals surface area contributed by atoms with Crippen molar-refractivity contribution in [2.45, 2.75) is 38.8 Å².